The molecule has 0 aromatic carbocycles. The summed E-state index contributed by atoms with van der Waals surface area (Å²) in [5, 5.41) is 2.94. The molecule has 0 spiro atoms. The maximum atomic E-state index is 11.5. The van der Waals surface area contributed by atoms with Crippen molar-refractivity contribution < 1.29 is 9.00 Å². The fraction of sp³-hybridized carbons (Fsp3) is 0.900. The number of amides is 1. The first-order valence-corrected chi connectivity index (χ1v) is 6.79. The molecule has 1 aliphatic heterocycles. The molecule has 0 aromatic rings. The van der Waals surface area contributed by atoms with Crippen LogP contribution in [-0.2, 0) is 15.6 Å². The molecule has 3 N–H and O–H groups in total. The zero-order valence-electron chi connectivity index (χ0n) is 9.41. The summed E-state index contributed by atoms with van der Waals surface area (Å²) in [6.45, 7) is 3.67. The Hall–Kier alpha value is -0.420. The predicted octanol–water partition coefficient (Wildman–Crippen LogP) is 0.141. The van der Waals surface area contributed by atoms with Crippen molar-refractivity contribution in [2.24, 2.45) is 5.73 Å². The van der Waals surface area contributed by atoms with Gasteiger partial charge in [0.2, 0.25) is 5.91 Å². The van der Waals surface area contributed by atoms with E-state index in [-0.39, 0.29) is 11.9 Å². The third-order valence-electron chi connectivity index (χ3n) is 2.37. The maximum absolute atomic E-state index is 11.5. The van der Waals surface area contributed by atoms with Crippen LogP contribution in [0, 0.1) is 0 Å². The number of carbonyl (C=O) groups excluding carboxylic acids is 1. The van der Waals surface area contributed by atoms with E-state index in [1.54, 1.807) is 0 Å². The summed E-state index contributed by atoms with van der Waals surface area (Å²) in [5.74, 6) is 1.41. The van der Waals surface area contributed by atoms with Crippen molar-refractivity contribution in [2.75, 3.05) is 11.5 Å². The lowest BCUT2D eigenvalue weighted by atomic mass is 10.0. The van der Waals surface area contributed by atoms with E-state index in [1.165, 1.54) is 0 Å². The van der Waals surface area contributed by atoms with Crippen LogP contribution < -0.4 is 11.1 Å². The first-order valence-electron chi connectivity index (χ1n) is 5.30. The highest BCUT2D eigenvalue weighted by atomic mass is 32.2. The Morgan fingerprint density at radius 1 is 1.47 bits per heavy atom. The second-order valence-electron chi connectivity index (χ2n) is 4.86. The molecule has 0 aliphatic carbocycles. The zero-order chi connectivity index (χ0) is 11.5. The maximum Gasteiger partial charge on any atom is 0.222 e. The Morgan fingerprint density at radius 2 is 2.00 bits per heavy atom. The van der Waals surface area contributed by atoms with Crippen molar-refractivity contribution in [1.29, 1.82) is 0 Å². The molecule has 0 atom stereocenters. The molecule has 0 aromatic heterocycles. The Bertz CT molecular complexity index is 251. The van der Waals surface area contributed by atoms with Crippen molar-refractivity contribution in [3.63, 3.8) is 0 Å². The van der Waals surface area contributed by atoms with Crippen molar-refractivity contribution in [1.82, 2.24) is 5.32 Å². The van der Waals surface area contributed by atoms with Crippen LogP contribution in [-0.4, -0.2) is 33.2 Å². The summed E-state index contributed by atoms with van der Waals surface area (Å²) in [6.07, 6.45) is 1.99. The highest BCUT2D eigenvalue weighted by Gasteiger charge is 2.22. The Balaban J connectivity index is 2.29. The van der Waals surface area contributed by atoms with Gasteiger partial charge < -0.3 is 11.1 Å². The molecule has 88 valence electrons. The molecular formula is C10H20N2O2S. The topological polar surface area (TPSA) is 72.2 Å². The Morgan fingerprint density at radius 3 is 2.47 bits per heavy atom. The van der Waals surface area contributed by atoms with E-state index in [2.05, 4.69) is 5.32 Å². The fourth-order valence-corrected chi connectivity index (χ4v) is 2.93. The molecule has 0 radical (unpaired) electrons. The molecule has 1 amide bonds. The molecule has 15 heavy (non-hydrogen) atoms. The highest BCUT2D eigenvalue weighted by molar-refractivity contribution is 7.85. The van der Waals surface area contributed by atoms with Gasteiger partial charge in [-0.1, -0.05) is 0 Å². The van der Waals surface area contributed by atoms with Crippen LogP contribution in [0.5, 0.6) is 0 Å². The number of hydrogen-bond acceptors (Lipinski definition) is 3. The van der Waals surface area contributed by atoms with Crippen molar-refractivity contribution in [2.45, 2.75) is 44.7 Å². The van der Waals surface area contributed by atoms with Crippen molar-refractivity contribution >= 4 is 16.7 Å². The molecule has 0 bridgehead atoms. The number of rotatable bonds is 3. The third-order valence-corrected chi connectivity index (χ3v) is 3.75. The molecule has 1 rings (SSSR count). The van der Waals surface area contributed by atoms with Crippen LogP contribution in [0.1, 0.15) is 33.1 Å². The minimum atomic E-state index is -0.671. The molecule has 1 aliphatic rings. The van der Waals surface area contributed by atoms with Gasteiger partial charge >= 0.3 is 0 Å². The van der Waals surface area contributed by atoms with Crippen molar-refractivity contribution in [3.05, 3.63) is 0 Å². The first kappa shape index (κ1) is 12.6. The van der Waals surface area contributed by atoms with E-state index < -0.39 is 16.3 Å². The van der Waals surface area contributed by atoms with Crippen LogP contribution in [0.15, 0.2) is 0 Å². The van der Waals surface area contributed by atoms with Gasteiger partial charge in [-0.15, -0.1) is 0 Å². The zero-order valence-corrected chi connectivity index (χ0v) is 10.2. The van der Waals surface area contributed by atoms with Gasteiger partial charge in [-0.05, 0) is 26.7 Å². The monoisotopic (exact) mass is 232 g/mol. The lowest BCUT2D eigenvalue weighted by Gasteiger charge is -2.24. The van der Waals surface area contributed by atoms with Gasteiger partial charge in [-0.3, -0.25) is 9.00 Å². The quantitative estimate of drug-likeness (QED) is 0.727. The minimum absolute atomic E-state index is 0.000169. The molecule has 5 heteroatoms. The van der Waals surface area contributed by atoms with E-state index in [0.29, 0.717) is 17.9 Å². The van der Waals surface area contributed by atoms with E-state index in [4.69, 9.17) is 5.73 Å². The molecule has 4 nitrogen and oxygen atoms in total. The van der Waals surface area contributed by atoms with E-state index in [1.807, 2.05) is 13.8 Å². The molecule has 1 fully saturated rings. The number of carbonyl (C=O) groups is 1. The first-order chi connectivity index (χ1) is 6.87. The Labute approximate surface area is 93.4 Å². The second kappa shape index (κ2) is 5.07. The second-order valence-corrected chi connectivity index (χ2v) is 6.55. The molecule has 1 saturated heterocycles. The molecule has 0 saturated carbocycles. The van der Waals surface area contributed by atoms with Gasteiger partial charge in [-0.2, -0.15) is 0 Å². The average molecular weight is 232 g/mol. The summed E-state index contributed by atoms with van der Waals surface area (Å²) in [4.78, 5) is 11.5. The standard InChI is InChI=1S/C10H20N2O2S/c1-10(2,11)7-9(13)12-8-3-5-15(14)6-4-8/h8H,3-7,11H2,1-2H3,(H,12,13). The highest BCUT2D eigenvalue weighted by Crippen LogP contribution is 2.10. The van der Waals surface area contributed by atoms with Crippen LogP contribution in [0.2, 0.25) is 0 Å². The average Bonchev–Trinajstić information content (AvgIpc) is 2.05. The third kappa shape index (κ3) is 5.28. The van der Waals surface area contributed by atoms with Gasteiger partial charge in [0.25, 0.3) is 0 Å². The van der Waals surface area contributed by atoms with E-state index in [9.17, 15) is 9.00 Å². The van der Waals surface area contributed by atoms with Crippen LogP contribution in [0.25, 0.3) is 0 Å². The smallest absolute Gasteiger partial charge is 0.222 e. The van der Waals surface area contributed by atoms with Crippen molar-refractivity contribution in [3.8, 4) is 0 Å². The van der Waals surface area contributed by atoms with Gasteiger partial charge in [0.15, 0.2) is 0 Å². The number of nitrogens with one attached hydrogen (secondary N) is 1. The lowest BCUT2D eigenvalue weighted by Crippen LogP contribution is -2.44. The van der Waals surface area contributed by atoms with Crippen LogP contribution >= 0.6 is 0 Å². The number of hydrogen-bond donors (Lipinski definition) is 2. The van der Waals surface area contributed by atoms with Gasteiger partial charge in [0.1, 0.15) is 0 Å². The minimum Gasteiger partial charge on any atom is -0.353 e. The molecular weight excluding hydrogens is 212 g/mol. The normalized spacial score (nSPS) is 27.4. The molecule has 1 heterocycles. The summed E-state index contributed by atoms with van der Waals surface area (Å²) < 4.78 is 11.1. The Kier molecular flexibility index (Phi) is 4.28. The van der Waals surface area contributed by atoms with Gasteiger partial charge in [-0.25, -0.2) is 0 Å². The van der Waals surface area contributed by atoms with E-state index >= 15 is 0 Å². The summed E-state index contributed by atoms with van der Waals surface area (Å²) in [6, 6.07) is 0.192. The summed E-state index contributed by atoms with van der Waals surface area (Å²) >= 11 is 0. The molecule has 0 unspecified atom stereocenters. The fourth-order valence-electron chi connectivity index (χ4n) is 1.63. The summed E-state index contributed by atoms with van der Waals surface area (Å²) in [7, 11) is -0.671. The largest absolute Gasteiger partial charge is 0.353 e. The van der Waals surface area contributed by atoms with Gasteiger partial charge in [0.05, 0.1) is 0 Å². The van der Waals surface area contributed by atoms with Crippen LogP contribution in [0.3, 0.4) is 0 Å². The summed E-state index contributed by atoms with van der Waals surface area (Å²) in [5.41, 5.74) is 5.30. The predicted molar refractivity (Wildman–Crippen MR) is 61.9 cm³/mol. The SMILES string of the molecule is CC(C)(N)CC(=O)NC1CCS(=O)CC1. The van der Waals surface area contributed by atoms with Crippen LogP contribution in [0.4, 0.5) is 0 Å². The lowest BCUT2D eigenvalue weighted by molar-refractivity contribution is -0.122. The number of nitrogens with two attached hydrogens (primary N) is 1. The van der Waals surface area contributed by atoms with E-state index in [0.717, 1.165) is 12.8 Å². The van der Waals surface area contributed by atoms with Gasteiger partial charge in [0, 0.05) is 40.3 Å².